The van der Waals surface area contributed by atoms with E-state index in [1.807, 2.05) is 0 Å². The number of aromatic nitrogens is 1. The van der Waals surface area contributed by atoms with Gasteiger partial charge >= 0.3 is 6.09 Å². The van der Waals surface area contributed by atoms with Gasteiger partial charge in [0.25, 0.3) is 5.88 Å². The fraction of sp³-hybridized carbons (Fsp3) is 0.435. The molecule has 1 aromatic heterocycles. The minimum absolute atomic E-state index is 0.0155. The van der Waals surface area contributed by atoms with E-state index in [9.17, 15) is 18.4 Å². The van der Waals surface area contributed by atoms with Crippen molar-refractivity contribution in [1.82, 2.24) is 10.1 Å². The third kappa shape index (κ3) is 5.36. The number of nitrogens with zero attached hydrogens (tertiary/aromatic N) is 3. The van der Waals surface area contributed by atoms with Gasteiger partial charge in [-0.3, -0.25) is 9.69 Å². The summed E-state index contributed by atoms with van der Waals surface area (Å²) in [4.78, 5) is 27.3. The van der Waals surface area contributed by atoms with E-state index in [0.29, 0.717) is 38.0 Å². The summed E-state index contributed by atoms with van der Waals surface area (Å²) in [6.45, 7) is 1.25. The van der Waals surface area contributed by atoms with Gasteiger partial charge in [0, 0.05) is 44.9 Å². The number of hydrogen-bond acceptors (Lipinski definition) is 7. The molecule has 9 nitrogen and oxygen atoms in total. The van der Waals surface area contributed by atoms with Crippen LogP contribution in [0.15, 0.2) is 35.1 Å². The molecule has 1 fully saturated rings. The highest BCUT2D eigenvalue weighted by Crippen LogP contribution is 2.32. The van der Waals surface area contributed by atoms with Crippen molar-refractivity contribution in [2.75, 3.05) is 44.9 Å². The second-order valence-corrected chi connectivity index (χ2v) is 7.96. The molecule has 1 unspecified atom stereocenters. The van der Waals surface area contributed by atoms with Crippen LogP contribution in [0, 0.1) is 11.6 Å². The molecule has 0 aliphatic carbocycles. The number of halogens is 2. The molecular formula is C23H25F2N3O6. The summed E-state index contributed by atoms with van der Waals surface area (Å²) in [5.74, 6) is -1.34. The Morgan fingerprint density at radius 2 is 2.09 bits per heavy atom. The molecule has 2 aromatic rings. The van der Waals surface area contributed by atoms with Crippen LogP contribution < -0.4 is 9.64 Å². The molecule has 34 heavy (non-hydrogen) atoms. The van der Waals surface area contributed by atoms with Crippen molar-refractivity contribution >= 4 is 23.3 Å². The number of hydrogen-bond donors (Lipinski definition) is 0. The fourth-order valence-electron chi connectivity index (χ4n) is 3.94. The fourth-order valence-corrected chi connectivity index (χ4v) is 3.94. The topological polar surface area (TPSA) is 94.3 Å². The number of ether oxygens (including phenoxy) is 3. The lowest BCUT2D eigenvalue weighted by Crippen LogP contribution is -2.34. The summed E-state index contributed by atoms with van der Waals surface area (Å²) in [5.41, 5.74) is 0.401. The average molecular weight is 477 g/mol. The van der Waals surface area contributed by atoms with Crippen LogP contribution in [0.4, 0.5) is 19.3 Å². The van der Waals surface area contributed by atoms with Gasteiger partial charge in [-0.25, -0.2) is 13.6 Å². The molecule has 1 atom stereocenters. The molecule has 2 aliphatic rings. The maximum atomic E-state index is 15.0. The Bertz CT molecular complexity index is 1040. The Balaban J connectivity index is 1.40. The predicted octanol–water partition coefficient (Wildman–Crippen LogP) is 3.40. The van der Waals surface area contributed by atoms with Crippen LogP contribution >= 0.6 is 0 Å². The third-order valence-electron chi connectivity index (χ3n) is 5.67. The van der Waals surface area contributed by atoms with E-state index in [4.69, 9.17) is 14.2 Å². The van der Waals surface area contributed by atoms with E-state index in [1.165, 1.54) is 12.3 Å². The summed E-state index contributed by atoms with van der Waals surface area (Å²) in [5, 5.41) is 3.60. The molecule has 4 rings (SSSR count). The first-order chi connectivity index (χ1) is 16.5. The number of cyclic esters (lactones) is 1. The maximum Gasteiger partial charge on any atom is 0.414 e. The van der Waals surface area contributed by atoms with Crippen molar-refractivity contribution < 1.29 is 37.1 Å². The van der Waals surface area contributed by atoms with Crippen LogP contribution in [0.25, 0.3) is 5.57 Å². The largest absolute Gasteiger partial charge is 0.471 e. The molecular weight excluding hydrogens is 452 g/mol. The number of anilines is 1. The van der Waals surface area contributed by atoms with Crippen LogP contribution in [-0.4, -0.2) is 68.1 Å². The number of rotatable bonds is 9. The van der Waals surface area contributed by atoms with Gasteiger partial charge in [0.05, 0.1) is 12.2 Å². The van der Waals surface area contributed by atoms with Gasteiger partial charge in [-0.2, -0.15) is 0 Å². The molecule has 3 heterocycles. The zero-order valence-corrected chi connectivity index (χ0v) is 18.7. The molecule has 1 aromatic carbocycles. The summed E-state index contributed by atoms with van der Waals surface area (Å²) in [6, 6.07) is 3.74. The van der Waals surface area contributed by atoms with Gasteiger partial charge < -0.3 is 23.6 Å². The highest BCUT2D eigenvalue weighted by Gasteiger charge is 2.34. The van der Waals surface area contributed by atoms with Crippen molar-refractivity contribution in [3.63, 3.8) is 0 Å². The predicted molar refractivity (Wildman–Crippen MR) is 116 cm³/mol. The molecule has 0 bridgehead atoms. The van der Waals surface area contributed by atoms with Crippen LogP contribution in [-0.2, 0) is 14.3 Å². The van der Waals surface area contributed by atoms with Crippen LogP contribution in [0.3, 0.4) is 0 Å². The van der Waals surface area contributed by atoms with Gasteiger partial charge in [0.2, 0.25) is 5.91 Å². The zero-order chi connectivity index (χ0) is 24.1. The lowest BCUT2D eigenvalue weighted by Gasteiger charge is -2.27. The Morgan fingerprint density at radius 3 is 2.74 bits per heavy atom. The first-order valence-corrected chi connectivity index (χ1v) is 10.9. The number of carbonyl (C=O) groups excluding carboxylic acids is 2. The lowest BCUT2D eigenvalue weighted by atomic mass is 9.97. The van der Waals surface area contributed by atoms with Crippen LogP contribution in [0.5, 0.6) is 5.88 Å². The summed E-state index contributed by atoms with van der Waals surface area (Å²) >= 11 is 0. The Morgan fingerprint density at radius 1 is 1.29 bits per heavy atom. The first kappa shape index (κ1) is 23.7. The molecule has 0 saturated carbocycles. The number of benzene rings is 1. The highest BCUT2D eigenvalue weighted by molar-refractivity contribution is 5.90. The molecule has 1 saturated heterocycles. The molecule has 0 radical (unpaired) electrons. The van der Waals surface area contributed by atoms with Gasteiger partial charge in [-0.15, -0.1) is 0 Å². The SMILES string of the molecule is COCCCC(=O)N1CC=C(c2c(F)cc(N3CC(COc4ccon4)OC3=O)cc2F)CC1. The maximum absolute atomic E-state index is 15.0. The number of methoxy groups -OCH3 is 1. The van der Waals surface area contributed by atoms with Crippen LogP contribution in [0.1, 0.15) is 24.8 Å². The van der Waals surface area contributed by atoms with Gasteiger partial charge in [0.1, 0.15) is 24.5 Å². The number of amides is 2. The zero-order valence-electron chi connectivity index (χ0n) is 18.7. The van der Waals surface area contributed by atoms with E-state index in [-0.39, 0.29) is 42.7 Å². The van der Waals surface area contributed by atoms with Gasteiger partial charge in [-0.05, 0) is 35.7 Å². The summed E-state index contributed by atoms with van der Waals surface area (Å²) < 4.78 is 50.1. The molecule has 0 spiro atoms. The summed E-state index contributed by atoms with van der Waals surface area (Å²) in [7, 11) is 1.58. The normalized spacial score (nSPS) is 18.1. The molecule has 0 N–H and O–H groups in total. The van der Waals surface area contributed by atoms with Crippen molar-refractivity contribution in [3.05, 3.63) is 47.7 Å². The Kier molecular flexibility index (Phi) is 7.41. The van der Waals surface area contributed by atoms with E-state index < -0.39 is 23.8 Å². The second-order valence-electron chi connectivity index (χ2n) is 7.96. The van der Waals surface area contributed by atoms with Gasteiger partial charge in [-0.1, -0.05) is 6.08 Å². The highest BCUT2D eigenvalue weighted by atomic mass is 19.1. The van der Waals surface area contributed by atoms with Crippen molar-refractivity contribution in [1.29, 1.82) is 0 Å². The smallest absolute Gasteiger partial charge is 0.414 e. The minimum Gasteiger partial charge on any atom is -0.471 e. The van der Waals surface area contributed by atoms with Crippen LogP contribution in [0.2, 0.25) is 0 Å². The Hall–Kier alpha value is -3.47. The van der Waals surface area contributed by atoms with Crippen molar-refractivity contribution in [3.8, 4) is 5.88 Å². The monoisotopic (exact) mass is 477 g/mol. The van der Waals surface area contributed by atoms with E-state index in [1.54, 1.807) is 18.1 Å². The quantitative estimate of drug-likeness (QED) is 0.511. The van der Waals surface area contributed by atoms with Gasteiger partial charge in [0.15, 0.2) is 6.10 Å². The lowest BCUT2D eigenvalue weighted by molar-refractivity contribution is -0.131. The molecule has 2 aliphatic heterocycles. The van der Waals surface area contributed by atoms with Crippen molar-refractivity contribution in [2.45, 2.75) is 25.4 Å². The average Bonchev–Trinajstić information content (AvgIpc) is 3.47. The first-order valence-electron chi connectivity index (χ1n) is 10.9. The number of carbonyl (C=O) groups is 2. The van der Waals surface area contributed by atoms with E-state index >= 15 is 0 Å². The molecule has 2 amide bonds. The van der Waals surface area contributed by atoms with E-state index in [2.05, 4.69) is 9.68 Å². The Labute approximate surface area is 194 Å². The molecule has 182 valence electrons. The molecule has 11 heteroatoms. The third-order valence-corrected chi connectivity index (χ3v) is 5.67. The van der Waals surface area contributed by atoms with E-state index in [0.717, 1.165) is 17.0 Å². The summed E-state index contributed by atoms with van der Waals surface area (Å²) in [6.07, 6.45) is 2.97. The second kappa shape index (κ2) is 10.6. The standard InChI is InChI=1S/C23H25F2N3O6/c1-31-9-2-3-21(29)27-7-4-15(5-8-27)22-18(24)11-16(12-19(22)25)28-13-17(34-23(28)30)14-32-20-6-10-33-26-20/h4,6,10-12,17H,2-3,5,7-9,13-14H2,1H3. The van der Waals surface area contributed by atoms with Crippen molar-refractivity contribution in [2.24, 2.45) is 0 Å². The minimum atomic E-state index is -0.781.